The largest absolute Gasteiger partial charge is 0.350 e. The Hall–Kier alpha value is -3.00. The van der Waals surface area contributed by atoms with Crippen molar-refractivity contribution >= 4 is 29.1 Å². The summed E-state index contributed by atoms with van der Waals surface area (Å²) in [5.74, 6) is -0.684. The molecule has 0 aliphatic heterocycles. The van der Waals surface area contributed by atoms with Crippen LogP contribution in [0.5, 0.6) is 0 Å². The van der Waals surface area contributed by atoms with E-state index in [0.29, 0.717) is 11.2 Å². The third-order valence-electron chi connectivity index (χ3n) is 3.38. The van der Waals surface area contributed by atoms with Gasteiger partial charge in [-0.25, -0.2) is 9.50 Å². The maximum atomic E-state index is 12.2. The van der Waals surface area contributed by atoms with Crippen LogP contribution in [-0.4, -0.2) is 44.5 Å². The summed E-state index contributed by atoms with van der Waals surface area (Å²) >= 11 is 6.16. The zero-order valence-corrected chi connectivity index (χ0v) is 14.1. The molecule has 2 N–H and O–H groups in total. The van der Waals surface area contributed by atoms with E-state index in [1.807, 2.05) is 6.92 Å². The molecule has 128 valence electrons. The summed E-state index contributed by atoms with van der Waals surface area (Å²) < 4.78 is 1.47. The number of hydrogen-bond donors (Lipinski definition) is 2. The van der Waals surface area contributed by atoms with E-state index in [0.717, 1.165) is 5.56 Å². The predicted molar refractivity (Wildman–Crippen MR) is 91.6 cm³/mol. The fourth-order valence-corrected chi connectivity index (χ4v) is 2.44. The second-order valence-corrected chi connectivity index (χ2v) is 5.69. The topological polar surface area (TPSA) is 101 Å². The smallest absolute Gasteiger partial charge is 0.273 e. The lowest BCUT2D eigenvalue weighted by molar-refractivity contribution is 0.0925. The molecule has 9 heteroatoms. The molecule has 0 unspecified atom stereocenters. The van der Waals surface area contributed by atoms with Crippen molar-refractivity contribution in [2.75, 3.05) is 13.1 Å². The zero-order valence-electron chi connectivity index (χ0n) is 13.4. The van der Waals surface area contributed by atoms with Gasteiger partial charge in [0.05, 0.1) is 5.56 Å². The Morgan fingerprint density at radius 3 is 2.68 bits per heavy atom. The number of fused-ring (bicyclic) bond motifs is 1. The summed E-state index contributed by atoms with van der Waals surface area (Å²) in [7, 11) is 0. The quantitative estimate of drug-likeness (QED) is 0.668. The number of nitrogens with one attached hydrogen (secondary N) is 2. The van der Waals surface area contributed by atoms with Crippen molar-refractivity contribution < 1.29 is 9.59 Å². The number of amides is 2. The highest BCUT2D eigenvalue weighted by atomic mass is 35.5. The first-order valence-electron chi connectivity index (χ1n) is 7.53. The summed E-state index contributed by atoms with van der Waals surface area (Å²) in [4.78, 5) is 32.1. The molecule has 0 aromatic carbocycles. The molecule has 0 spiro atoms. The first kappa shape index (κ1) is 16.8. The number of carbonyl (C=O) groups excluding carboxylic acids is 2. The molecule has 3 aromatic rings. The molecule has 0 saturated carbocycles. The molecule has 25 heavy (non-hydrogen) atoms. The number of nitrogens with zero attached hydrogens (tertiary/aromatic N) is 4. The fourth-order valence-electron chi connectivity index (χ4n) is 2.18. The lowest BCUT2D eigenvalue weighted by Gasteiger charge is -2.06. The van der Waals surface area contributed by atoms with Gasteiger partial charge in [-0.2, -0.15) is 5.10 Å². The third kappa shape index (κ3) is 3.74. The Morgan fingerprint density at radius 2 is 1.96 bits per heavy atom. The van der Waals surface area contributed by atoms with Crippen molar-refractivity contribution in [3.63, 3.8) is 0 Å². The number of aromatic nitrogens is 4. The summed E-state index contributed by atoms with van der Waals surface area (Å²) in [5.41, 5.74) is 1.87. The van der Waals surface area contributed by atoms with E-state index >= 15 is 0 Å². The van der Waals surface area contributed by atoms with E-state index in [1.165, 1.54) is 10.7 Å². The lowest BCUT2D eigenvalue weighted by atomic mass is 10.3. The molecule has 3 aromatic heterocycles. The van der Waals surface area contributed by atoms with Gasteiger partial charge in [-0.05, 0) is 24.6 Å². The van der Waals surface area contributed by atoms with Gasteiger partial charge >= 0.3 is 0 Å². The van der Waals surface area contributed by atoms with Crippen molar-refractivity contribution in [2.45, 2.75) is 6.92 Å². The van der Waals surface area contributed by atoms with Crippen molar-refractivity contribution in [1.29, 1.82) is 0 Å². The van der Waals surface area contributed by atoms with Gasteiger partial charge in [0, 0.05) is 37.9 Å². The van der Waals surface area contributed by atoms with Crippen molar-refractivity contribution in [3.8, 4) is 0 Å². The average Bonchev–Trinajstić information content (AvgIpc) is 2.95. The van der Waals surface area contributed by atoms with Gasteiger partial charge in [-0.3, -0.25) is 14.6 Å². The van der Waals surface area contributed by atoms with Gasteiger partial charge in [0.15, 0.2) is 11.3 Å². The van der Waals surface area contributed by atoms with Gasteiger partial charge in [0.1, 0.15) is 5.02 Å². The highest BCUT2D eigenvalue weighted by Gasteiger charge is 2.18. The third-order valence-corrected chi connectivity index (χ3v) is 3.73. The minimum absolute atomic E-state index is 0.0957. The van der Waals surface area contributed by atoms with Crippen LogP contribution in [0.15, 0.2) is 36.9 Å². The minimum Gasteiger partial charge on any atom is -0.350 e. The molecular weight excluding hydrogens is 344 g/mol. The van der Waals surface area contributed by atoms with Crippen LogP contribution < -0.4 is 10.6 Å². The Kier molecular flexibility index (Phi) is 4.90. The van der Waals surface area contributed by atoms with Crippen molar-refractivity contribution in [3.05, 3.63) is 58.8 Å². The van der Waals surface area contributed by atoms with Crippen LogP contribution in [0.4, 0.5) is 0 Å². The highest BCUT2D eigenvalue weighted by molar-refractivity contribution is 6.36. The van der Waals surface area contributed by atoms with Crippen LogP contribution in [0.25, 0.3) is 5.65 Å². The molecule has 0 aliphatic carbocycles. The number of carbonyl (C=O) groups is 2. The maximum absolute atomic E-state index is 12.2. The molecule has 3 heterocycles. The van der Waals surface area contributed by atoms with Gasteiger partial charge in [-0.15, -0.1) is 0 Å². The van der Waals surface area contributed by atoms with E-state index in [1.54, 1.807) is 30.7 Å². The number of aryl methyl sites for hydroxylation is 1. The Balaban J connectivity index is 1.56. The maximum Gasteiger partial charge on any atom is 0.273 e. The van der Waals surface area contributed by atoms with Gasteiger partial charge in [0.2, 0.25) is 0 Å². The molecule has 0 aliphatic rings. The zero-order chi connectivity index (χ0) is 17.8. The normalized spacial score (nSPS) is 10.6. The van der Waals surface area contributed by atoms with E-state index in [-0.39, 0.29) is 29.7 Å². The molecule has 0 atom stereocenters. The molecule has 2 amide bonds. The number of pyridine rings is 1. The van der Waals surface area contributed by atoms with Crippen LogP contribution in [-0.2, 0) is 0 Å². The number of halogens is 1. The second kappa shape index (κ2) is 7.27. The first-order chi connectivity index (χ1) is 12.1. The molecule has 0 bridgehead atoms. The molecule has 8 nitrogen and oxygen atoms in total. The number of rotatable bonds is 5. The minimum atomic E-state index is -0.427. The summed E-state index contributed by atoms with van der Waals surface area (Å²) in [5, 5.41) is 9.70. The van der Waals surface area contributed by atoms with Crippen molar-refractivity contribution in [2.24, 2.45) is 0 Å². The SMILES string of the molecule is Cc1cnc2c(Cl)c(C(=O)NCCNC(=O)c3cccnc3)nn2c1. The summed E-state index contributed by atoms with van der Waals surface area (Å²) in [6.07, 6.45) is 6.45. The molecular formula is C16H15ClN6O2. The molecule has 0 saturated heterocycles. The second-order valence-electron chi connectivity index (χ2n) is 5.32. The highest BCUT2D eigenvalue weighted by Crippen LogP contribution is 2.20. The average molecular weight is 359 g/mol. The molecule has 0 fully saturated rings. The van der Waals surface area contributed by atoms with Gasteiger partial charge in [-0.1, -0.05) is 11.6 Å². The molecule has 3 rings (SSSR count). The number of hydrogen-bond acceptors (Lipinski definition) is 5. The summed E-state index contributed by atoms with van der Waals surface area (Å²) in [6, 6.07) is 3.34. The van der Waals surface area contributed by atoms with Gasteiger partial charge in [0.25, 0.3) is 11.8 Å². The van der Waals surface area contributed by atoms with Crippen LogP contribution in [0, 0.1) is 6.92 Å². The molecule has 0 radical (unpaired) electrons. The first-order valence-corrected chi connectivity index (χ1v) is 7.91. The van der Waals surface area contributed by atoms with Crippen molar-refractivity contribution in [1.82, 2.24) is 30.2 Å². The van der Waals surface area contributed by atoms with E-state index in [2.05, 4.69) is 25.7 Å². The lowest BCUT2D eigenvalue weighted by Crippen LogP contribution is -2.35. The van der Waals surface area contributed by atoms with Gasteiger partial charge < -0.3 is 10.6 Å². The standard InChI is InChI=1S/C16H15ClN6O2/c1-10-7-21-14-12(17)13(22-23(14)9-10)16(25)20-6-5-19-15(24)11-3-2-4-18-8-11/h2-4,7-9H,5-6H2,1H3,(H,19,24)(H,20,25). The fraction of sp³-hybridized carbons (Fsp3) is 0.188. The Bertz CT molecular complexity index is 925. The van der Waals surface area contributed by atoms with E-state index in [9.17, 15) is 9.59 Å². The van der Waals surface area contributed by atoms with Crippen LogP contribution in [0.3, 0.4) is 0 Å². The monoisotopic (exact) mass is 358 g/mol. The Labute approximate surface area is 148 Å². The van der Waals surface area contributed by atoms with E-state index in [4.69, 9.17) is 11.6 Å². The van der Waals surface area contributed by atoms with Crippen LogP contribution >= 0.6 is 11.6 Å². The predicted octanol–water partition coefficient (Wildman–Crippen LogP) is 1.25. The van der Waals surface area contributed by atoms with Crippen LogP contribution in [0.1, 0.15) is 26.4 Å². The van der Waals surface area contributed by atoms with E-state index < -0.39 is 5.91 Å². The summed E-state index contributed by atoms with van der Waals surface area (Å²) in [6.45, 7) is 2.37. The Morgan fingerprint density at radius 1 is 1.20 bits per heavy atom. The van der Waals surface area contributed by atoms with Crippen LogP contribution in [0.2, 0.25) is 5.02 Å².